The zero-order valence-electron chi connectivity index (χ0n) is 15.4. The molecule has 146 valence electrons. The summed E-state index contributed by atoms with van der Waals surface area (Å²) in [6, 6.07) is 6.92. The van der Waals surface area contributed by atoms with Crippen LogP contribution in [0.25, 0.3) is 27.7 Å². The number of halogens is 1. The van der Waals surface area contributed by atoms with Gasteiger partial charge in [-0.3, -0.25) is 29.0 Å². The number of pyridine rings is 2. The lowest BCUT2D eigenvalue weighted by molar-refractivity contribution is -0.384. The first-order valence-corrected chi connectivity index (χ1v) is 8.84. The number of fused-ring (bicyclic) bond motifs is 1. The third kappa shape index (κ3) is 3.11. The van der Waals surface area contributed by atoms with Gasteiger partial charge in [-0.1, -0.05) is 11.6 Å². The van der Waals surface area contributed by atoms with E-state index in [4.69, 9.17) is 11.6 Å². The normalized spacial score (nSPS) is 11.1. The van der Waals surface area contributed by atoms with Crippen molar-refractivity contribution >= 4 is 28.2 Å². The first kappa shape index (κ1) is 18.6. The van der Waals surface area contributed by atoms with Gasteiger partial charge in [0.2, 0.25) is 0 Å². The maximum atomic E-state index is 12.5. The molecule has 0 unspecified atom stereocenters. The van der Waals surface area contributed by atoms with Crippen molar-refractivity contribution in [1.82, 2.24) is 18.9 Å². The Hall–Kier alpha value is -3.72. The molecule has 0 saturated heterocycles. The number of hydrogen-bond acceptors (Lipinski definition) is 5. The van der Waals surface area contributed by atoms with E-state index in [0.29, 0.717) is 32.7 Å². The van der Waals surface area contributed by atoms with Crippen molar-refractivity contribution in [3.63, 3.8) is 0 Å². The van der Waals surface area contributed by atoms with Crippen LogP contribution in [0.5, 0.6) is 0 Å². The largest absolute Gasteiger partial charge is 0.317 e. The Bertz CT molecular complexity index is 1420. The Balaban J connectivity index is 2.15. The summed E-state index contributed by atoms with van der Waals surface area (Å²) in [7, 11) is 3.26. The van der Waals surface area contributed by atoms with Crippen molar-refractivity contribution in [3.05, 3.63) is 84.8 Å². The fourth-order valence-electron chi connectivity index (χ4n) is 3.26. The minimum atomic E-state index is -0.522. The summed E-state index contributed by atoms with van der Waals surface area (Å²) in [5.74, 6) is 0. The SMILES string of the molecule is Cn1cc2c(=O)n(C)cc(-c3cc([N+](=O)[O-])ccc3-n3cc(Cl)ccc3=O)c2n1. The zero-order chi connectivity index (χ0) is 20.9. The summed E-state index contributed by atoms with van der Waals surface area (Å²) in [6.07, 6.45) is 4.58. The fourth-order valence-corrected chi connectivity index (χ4v) is 3.42. The van der Waals surface area contributed by atoms with Gasteiger partial charge in [-0.25, -0.2) is 0 Å². The van der Waals surface area contributed by atoms with Gasteiger partial charge < -0.3 is 4.57 Å². The van der Waals surface area contributed by atoms with E-state index >= 15 is 0 Å². The number of nitrogens with zero attached hydrogens (tertiary/aromatic N) is 5. The summed E-state index contributed by atoms with van der Waals surface area (Å²) in [6.45, 7) is 0. The molecule has 0 bridgehead atoms. The molecular formula is C19H14ClN5O4. The lowest BCUT2D eigenvalue weighted by Gasteiger charge is -2.13. The summed E-state index contributed by atoms with van der Waals surface area (Å²) >= 11 is 6.06. The molecule has 3 heterocycles. The van der Waals surface area contributed by atoms with Crippen molar-refractivity contribution in [1.29, 1.82) is 0 Å². The Morgan fingerprint density at radius 3 is 2.52 bits per heavy atom. The van der Waals surface area contributed by atoms with Crippen molar-refractivity contribution in [2.24, 2.45) is 14.1 Å². The second kappa shape index (κ2) is 6.71. The molecule has 1 aromatic carbocycles. The number of aromatic nitrogens is 4. The molecule has 9 nitrogen and oxygen atoms in total. The second-order valence-corrected chi connectivity index (χ2v) is 6.97. The van der Waals surface area contributed by atoms with Crippen LogP contribution >= 0.6 is 11.6 Å². The molecule has 4 rings (SSSR count). The molecule has 0 aliphatic rings. The number of non-ortho nitro benzene ring substituents is 1. The van der Waals surface area contributed by atoms with Crippen LogP contribution in [0.2, 0.25) is 5.02 Å². The summed E-state index contributed by atoms with van der Waals surface area (Å²) in [4.78, 5) is 35.8. The van der Waals surface area contributed by atoms with Gasteiger partial charge in [0.25, 0.3) is 16.8 Å². The lowest BCUT2D eigenvalue weighted by atomic mass is 10.0. The first-order valence-electron chi connectivity index (χ1n) is 8.46. The first-order chi connectivity index (χ1) is 13.8. The molecule has 0 saturated carbocycles. The number of nitro groups is 1. The van der Waals surface area contributed by atoms with E-state index in [2.05, 4.69) is 5.10 Å². The van der Waals surface area contributed by atoms with Gasteiger partial charge in [0.05, 0.1) is 21.0 Å². The molecule has 0 aliphatic heterocycles. The minimum absolute atomic E-state index is 0.156. The highest BCUT2D eigenvalue weighted by Gasteiger charge is 2.20. The van der Waals surface area contributed by atoms with Crippen LogP contribution in [0.3, 0.4) is 0 Å². The Kier molecular flexibility index (Phi) is 4.31. The van der Waals surface area contributed by atoms with E-state index < -0.39 is 4.92 Å². The van der Waals surface area contributed by atoms with Crippen LogP contribution in [0, 0.1) is 10.1 Å². The molecule has 4 aromatic rings. The van der Waals surface area contributed by atoms with E-state index in [9.17, 15) is 19.7 Å². The van der Waals surface area contributed by atoms with Crippen LogP contribution in [-0.4, -0.2) is 23.8 Å². The summed E-state index contributed by atoms with van der Waals surface area (Å²) in [5.41, 5.74) is 0.865. The lowest BCUT2D eigenvalue weighted by Crippen LogP contribution is -2.18. The van der Waals surface area contributed by atoms with Crippen molar-refractivity contribution in [2.75, 3.05) is 0 Å². The van der Waals surface area contributed by atoms with Gasteiger partial charge in [0, 0.05) is 62.0 Å². The van der Waals surface area contributed by atoms with Gasteiger partial charge >= 0.3 is 0 Å². The van der Waals surface area contributed by atoms with E-state index in [1.165, 1.54) is 50.3 Å². The van der Waals surface area contributed by atoms with E-state index in [0.717, 1.165) is 0 Å². The predicted octanol–water partition coefficient (Wildman–Crippen LogP) is 2.65. The molecule has 3 aromatic heterocycles. The average molecular weight is 412 g/mol. The van der Waals surface area contributed by atoms with E-state index in [1.807, 2.05) is 0 Å². The van der Waals surface area contributed by atoms with Gasteiger partial charge in [0.1, 0.15) is 5.52 Å². The Labute approximate surface area is 168 Å². The quantitative estimate of drug-likeness (QED) is 0.380. The molecule has 0 amide bonds. The molecule has 0 fully saturated rings. The minimum Gasteiger partial charge on any atom is -0.317 e. The topological polar surface area (TPSA) is 105 Å². The van der Waals surface area contributed by atoms with Crippen molar-refractivity contribution in [3.8, 4) is 16.8 Å². The molecule has 0 atom stereocenters. The molecule has 0 radical (unpaired) electrons. The molecule has 0 aliphatic carbocycles. The van der Waals surface area contributed by atoms with Crippen LogP contribution in [0.15, 0.2) is 58.5 Å². The number of rotatable bonds is 3. The number of benzene rings is 1. The highest BCUT2D eigenvalue weighted by atomic mass is 35.5. The molecule has 0 spiro atoms. The number of nitro benzene ring substituents is 1. The van der Waals surface area contributed by atoms with E-state index in [1.54, 1.807) is 26.5 Å². The van der Waals surface area contributed by atoms with Gasteiger partial charge in [0.15, 0.2) is 0 Å². The summed E-state index contributed by atoms with van der Waals surface area (Å²) < 4.78 is 4.18. The molecule has 10 heteroatoms. The van der Waals surface area contributed by atoms with Gasteiger partial charge in [-0.15, -0.1) is 0 Å². The monoisotopic (exact) mass is 411 g/mol. The third-order valence-electron chi connectivity index (χ3n) is 4.57. The Morgan fingerprint density at radius 1 is 1.03 bits per heavy atom. The maximum Gasteiger partial charge on any atom is 0.270 e. The number of aryl methyl sites for hydroxylation is 2. The highest BCUT2D eigenvalue weighted by molar-refractivity contribution is 6.30. The van der Waals surface area contributed by atoms with Gasteiger partial charge in [-0.05, 0) is 12.1 Å². The Morgan fingerprint density at radius 2 is 1.79 bits per heavy atom. The van der Waals surface area contributed by atoms with Crippen molar-refractivity contribution in [2.45, 2.75) is 0 Å². The van der Waals surface area contributed by atoms with Crippen molar-refractivity contribution < 1.29 is 4.92 Å². The van der Waals surface area contributed by atoms with Gasteiger partial charge in [-0.2, -0.15) is 5.10 Å². The highest BCUT2D eigenvalue weighted by Crippen LogP contribution is 2.33. The molecule has 29 heavy (non-hydrogen) atoms. The van der Waals surface area contributed by atoms with Crippen LogP contribution in [0.1, 0.15) is 0 Å². The van der Waals surface area contributed by atoms with E-state index in [-0.39, 0.29) is 16.8 Å². The standard InChI is InChI=1S/C19H14ClN5O4/c1-22-9-14(18-15(19(22)27)10-23(2)21-18)13-7-12(25(28)29)4-5-16(13)24-8-11(20)3-6-17(24)26/h3-10H,1-2H3. The maximum absolute atomic E-state index is 12.5. The summed E-state index contributed by atoms with van der Waals surface area (Å²) in [5, 5.41) is 16.4. The average Bonchev–Trinajstić information content (AvgIpc) is 3.08. The smallest absolute Gasteiger partial charge is 0.270 e. The van der Waals surface area contributed by atoms with Crippen LogP contribution < -0.4 is 11.1 Å². The third-order valence-corrected chi connectivity index (χ3v) is 4.80. The molecule has 0 N–H and O–H groups in total. The van der Waals surface area contributed by atoms with Crippen LogP contribution in [0.4, 0.5) is 5.69 Å². The van der Waals surface area contributed by atoms with Crippen LogP contribution in [-0.2, 0) is 14.1 Å². The second-order valence-electron chi connectivity index (χ2n) is 6.54. The predicted molar refractivity (Wildman–Crippen MR) is 109 cm³/mol. The number of hydrogen-bond donors (Lipinski definition) is 0. The molecular weight excluding hydrogens is 398 g/mol. The fraction of sp³-hybridized carbons (Fsp3) is 0.105. The zero-order valence-corrected chi connectivity index (χ0v) is 16.1.